The molecule has 0 radical (unpaired) electrons. The van der Waals surface area contributed by atoms with Crippen LogP contribution in [0.1, 0.15) is 32.1 Å². The van der Waals surface area contributed by atoms with Gasteiger partial charge in [-0.1, -0.05) is 0 Å². The van der Waals surface area contributed by atoms with E-state index in [2.05, 4.69) is 11.0 Å². The number of fused-ring (bicyclic) bond motifs is 1. The molecule has 1 amide bonds. The maximum absolute atomic E-state index is 11.5. The lowest BCUT2D eigenvalue weighted by Crippen LogP contribution is -2.51. The molecule has 0 aromatic rings. The van der Waals surface area contributed by atoms with Crippen molar-refractivity contribution in [3.63, 3.8) is 0 Å². The number of amides is 1. The zero-order chi connectivity index (χ0) is 11.4. The Bertz CT molecular complexity index is 297. The van der Waals surface area contributed by atoms with Crippen molar-refractivity contribution in [3.8, 4) is 6.07 Å². The molecule has 2 aliphatic rings. The van der Waals surface area contributed by atoms with Crippen LogP contribution in [-0.4, -0.2) is 47.9 Å². The zero-order valence-corrected chi connectivity index (χ0v) is 9.69. The summed E-state index contributed by atoms with van der Waals surface area (Å²) in [7, 11) is 0. The molecule has 0 spiro atoms. The largest absolute Gasteiger partial charge is 0.337 e. The standard InChI is InChI=1S/C12H19N3O/c13-6-2-1-3-7-14-8-9-15-11(10-14)4-5-12(15)16/h11H,1-5,7-10H2. The predicted molar refractivity (Wildman–Crippen MR) is 60.6 cm³/mol. The number of piperazine rings is 1. The highest BCUT2D eigenvalue weighted by atomic mass is 16.2. The van der Waals surface area contributed by atoms with Gasteiger partial charge in [0.15, 0.2) is 0 Å². The molecule has 88 valence electrons. The highest BCUT2D eigenvalue weighted by Crippen LogP contribution is 2.22. The summed E-state index contributed by atoms with van der Waals surface area (Å²) in [5.41, 5.74) is 0. The summed E-state index contributed by atoms with van der Waals surface area (Å²) in [6.45, 7) is 4.04. The van der Waals surface area contributed by atoms with Crippen molar-refractivity contribution in [2.75, 3.05) is 26.2 Å². The number of unbranched alkanes of at least 4 members (excludes halogenated alkanes) is 2. The maximum atomic E-state index is 11.5. The van der Waals surface area contributed by atoms with Crippen molar-refractivity contribution in [2.45, 2.75) is 38.1 Å². The quantitative estimate of drug-likeness (QED) is 0.665. The average Bonchev–Trinajstić information content (AvgIpc) is 2.66. The number of carbonyl (C=O) groups excluding carboxylic acids is 1. The molecule has 0 saturated carbocycles. The van der Waals surface area contributed by atoms with Crippen LogP contribution in [0.25, 0.3) is 0 Å². The average molecular weight is 221 g/mol. The molecular formula is C12H19N3O. The molecule has 2 saturated heterocycles. The van der Waals surface area contributed by atoms with E-state index < -0.39 is 0 Å². The minimum atomic E-state index is 0.342. The molecule has 1 unspecified atom stereocenters. The van der Waals surface area contributed by atoms with Gasteiger partial charge in [0, 0.05) is 38.5 Å². The minimum Gasteiger partial charge on any atom is -0.337 e. The summed E-state index contributed by atoms with van der Waals surface area (Å²) in [5, 5.41) is 8.45. The van der Waals surface area contributed by atoms with Gasteiger partial charge in [-0.3, -0.25) is 9.69 Å². The van der Waals surface area contributed by atoms with Crippen molar-refractivity contribution < 1.29 is 4.79 Å². The first-order valence-electron chi connectivity index (χ1n) is 6.20. The Labute approximate surface area is 96.8 Å². The molecular weight excluding hydrogens is 202 g/mol. The molecule has 1 atom stereocenters. The molecule has 0 N–H and O–H groups in total. The van der Waals surface area contributed by atoms with E-state index in [0.29, 0.717) is 18.4 Å². The van der Waals surface area contributed by atoms with Gasteiger partial charge in [-0.25, -0.2) is 0 Å². The van der Waals surface area contributed by atoms with Gasteiger partial charge in [-0.15, -0.1) is 0 Å². The fraction of sp³-hybridized carbons (Fsp3) is 0.833. The molecule has 2 rings (SSSR count). The highest BCUT2D eigenvalue weighted by molar-refractivity contribution is 5.78. The van der Waals surface area contributed by atoms with E-state index in [4.69, 9.17) is 5.26 Å². The normalized spacial score (nSPS) is 25.6. The van der Waals surface area contributed by atoms with E-state index in [1.165, 1.54) is 0 Å². The van der Waals surface area contributed by atoms with Gasteiger partial charge in [0.1, 0.15) is 0 Å². The molecule has 2 heterocycles. The first-order chi connectivity index (χ1) is 7.81. The Morgan fingerprint density at radius 2 is 2.25 bits per heavy atom. The Morgan fingerprint density at radius 3 is 3.06 bits per heavy atom. The van der Waals surface area contributed by atoms with Crippen LogP contribution >= 0.6 is 0 Å². The van der Waals surface area contributed by atoms with Gasteiger partial charge in [-0.2, -0.15) is 5.26 Å². The molecule has 4 nitrogen and oxygen atoms in total. The third-order valence-electron chi connectivity index (χ3n) is 3.59. The molecule has 16 heavy (non-hydrogen) atoms. The fourth-order valence-electron chi connectivity index (χ4n) is 2.67. The fourth-order valence-corrected chi connectivity index (χ4v) is 2.67. The summed E-state index contributed by atoms with van der Waals surface area (Å²) in [4.78, 5) is 16.0. The first-order valence-corrected chi connectivity index (χ1v) is 6.20. The Morgan fingerprint density at radius 1 is 1.38 bits per heavy atom. The van der Waals surface area contributed by atoms with Crippen LogP contribution in [0, 0.1) is 11.3 Å². The van der Waals surface area contributed by atoms with Crippen molar-refractivity contribution in [1.82, 2.24) is 9.80 Å². The second kappa shape index (κ2) is 5.31. The molecule has 4 heteroatoms. The van der Waals surface area contributed by atoms with Crippen LogP contribution < -0.4 is 0 Å². The molecule has 2 fully saturated rings. The summed E-state index contributed by atoms with van der Waals surface area (Å²) < 4.78 is 0. The van der Waals surface area contributed by atoms with Gasteiger partial charge >= 0.3 is 0 Å². The summed E-state index contributed by atoms with van der Waals surface area (Å²) in [6.07, 6.45) is 4.55. The highest BCUT2D eigenvalue weighted by Gasteiger charge is 2.34. The van der Waals surface area contributed by atoms with Crippen LogP contribution in [0.5, 0.6) is 0 Å². The molecule has 0 aromatic heterocycles. The third kappa shape index (κ3) is 2.53. The van der Waals surface area contributed by atoms with Crippen molar-refractivity contribution in [2.24, 2.45) is 0 Å². The maximum Gasteiger partial charge on any atom is 0.222 e. The van der Waals surface area contributed by atoms with E-state index in [-0.39, 0.29) is 0 Å². The molecule has 2 aliphatic heterocycles. The number of rotatable bonds is 4. The lowest BCUT2D eigenvalue weighted by atomic mass is 10.1. The predicted octanol–water partition coefficient (Wildman–Crippen LogP) is 0.987. The number of hydrogen-bond donors (Lipinski definition) is 0. The summed E-state index contributed by atoms with van der Waals surface area (Å²) in [6, 6.07) is 2.65. The SMILES string of the molecule is N#CCCCCN1CCN2C(=O)CCC2C1. The zero-order valence-electron chi connectivity index (χ0n) is 9.69. The Hall–Kier alpha value is -1.08. The van der Waals surface area contributed by atoms with Crippen molar-refractivity contribution in [1.29, 1.82) is 5.26 Å². The van der Waals surface area contributed by atoms with E-state index >= 15 is 0 Å². The second-order valence-electron chi connectivity index (χ2n) is 4.70. The number of nitrogens with zero attached hydrogens (tertiary/aromatic N) is 3. The van der Waals surface area contributed by atoms with E-state index in [9.17, 15) is 4.79 Å². The van der Waals surface area contributed by atoms with Crippen molar-refractivity contribution >= 4 is 5.91 Å². The molecule has 0 aliphatic carbocycles. The Kier molecular flexibility index (Phi) is 3.79. The first kappa shape index (κ1) is 11.4. The monoisotopic (exact) mass is 221 g/mol. The van der Waals surface area contributed by atoms with E-state index in [0.717, 1.165) is 51.9 Å². The van der Waals surface area contributed by atoms with Crippen molar-refractivity contribution in [3.05, 3.63) is 0 Å². The van der Waals surface area contributed by atoms with Crippen LogP contribution in [0.2, 0.25) is 0 Å². The third-order valence-corrected chi connectivity index (χ3v) is 3.59. The van der Waals surface area contributed by atoms with Gasteiger partial charge in [0.05, 0.1) is 6.07 Å². The van der Waals surface area contributed by atoms with Gasteiger partial charge in [0.25, 0.3) is 0 Å². The summed E-state index contributed by atoms with van der Waals surface area (Å²) >= 11 is 0. The number of nitriles is 1. The summed E-state index contributed by atoms with van der Waals surface area (Å²) in [5.74, 6) is 0.342. The number of hydrogen-bond acceptors (Lipinski definition) is 3. The van der Waals surface area contributed by atoms with Gasteiger partial charge in [0.2, 0.25) is 5.91 Å². The molecule has 0 aromatic carbocycles. The second-order valence-corrected chi connectivity index (χ2v) is 4.70. The lowest BCUT2D eigenvalue weighted by Gasteiger charge is -2.37. The van der Waals surface area contributed by atoms with Gasteiger partial charge < -0.3 is 4.90 Å². The lowest BCUT2D eigenvalue weighted by molar-refractivity contribution is -0.130. The smallest absolute Gasteiger partial charge is 0.222 e. The topological polar surface area (TPSA) is 47.3 Å². The van der Waals surface area contributed by atoms with E-state index in [1.54, 1.807) is 0 Å². The van der Waals surface area contributed by atoms with E-state index in [1.807, 2.05) is 4.90 Å². The van der Waals surface area contributed by atoms with Crippen LogP contribution in [-0.2, 0) is 4.79 Å². The number of carbonyl (C=O) groups is 1. The van der Waals surface area contributed by atoms with Gasteiger partial charge in [-0.05, 0) is 25.8 Å². The minimum absolute atomic E-state index is 0.342. The Balaban J connectivity index is 1.71. The van der Waals surface area contributed by atoms with Crippen LogP contribution in [0.15, 0.2) is 0 Å². The van der Waals surface area contributed by atoms with Crippen LogP contribution in [0.3, 0.4) is 0 Å². The molecule has 0 bridgehead atoms. The van der Waals surface area contributed by atoms with Crippen LogP contribution in [0.4, 0.5) is 0 Å².